The molecule has 1 spiro atoms. The Balaban J connectivity index is 0.000000902. The lowest BCUT2D eigenvalue weighted by Gasteiger charge is -2.29. The van der Waals surface area contributed by atoms with E-state index in [1.165, 1.54) is 52.1 Å². The van der Waals surface area contributed by atoms with E-state index in [2.05, 4.69) is 15.1 Å². The first-order valence-corrected chi connectivity index (χ1v) is 7.10. The van der Waals surface area contributed by atoms with E-state index in [1.807, 2.05) is 0 Å². The van der Waals surface area contributed by atoms with Crippen molar-refractivity contribution in [3.63, 3.8) is 0 Å². The van der Waals surface area contributed by atoms with Gasteiger partial charge in [0.15, 0.2) is 0 Å². The molecule has 3 aliphatic heterocycles. The Bertz CT molecular complexity index is 256. The molecule has 4 nitrogen and oxygen atoms in total. The van der Waals surface area contributed by atoms with Crippen LogP contribution in [-0.4, -0.2) is 75.4 Å². The first-order valence-electron chi connectivity index (χ1n) is 7.10. The predicted octanol–water partition coefficient (Wildman–Crippen LogP) is 0.848. The third kappa shape index (κ3) is 4.45. The minimum atomic E-state index is 0. The summed E-state index contributed by atoms with van der Waals surface area (Å²) in [5, 5.41) is 3.53. The van der Waals surface area contributed by atoms with Crippen LogP contribution in [0.2, 0.25) is 0 Å². The fourth-order valence-corrected chi connectivity index (χ4v) is 3.47. The summed E-state index contributed by atoms with van der Waals surface area (Å²) in [6, 6.07) is 0. The van der Waals surface area contributed by atoms with Crippen LogP contribution in [0.4, 0.5) is 0 Å². The number of nitrogens with zero attached hydrogens (tertiary/aromatic N) is 2. The second-order valence-electron chi connectivity index (χ2n) is 5.91. The fourth-order valence-electron chi connectivity index (χ4n) is 3.47. The fraction of sp³-hybridized carbons (Fsp3) is 1.00. The highest BCUT2D eigenvalue weighted by Gasteiger charge is 2.39. The molecule has 3 rings (SSSR count). The highest BCUT2D eigenvalue weighted by Crippen LogP contribution is 2.35. The van der Waals surface area contributed by atoms with Crippen molar-refractivity contribution < 1.29 is 4.74 Å². The van der Waals surface area contributed by atoms with Crippen LogP contribution < -0.4 is 5.32 Å². The molecule has 0 saturated carbocycles. The monoisotopic (exact) mass is 311 g/mol. The number of hydrogen-bond acceptors (Lipinski definition) is 4. The molecule has 0 amide bonds. The van der Waals surface area contributed by atoms with Crippen LogP contribution in [0.25, 0.3) is 0 Å². The van der Waals surface area contributed by atoms with E-state index < -0.39 is 0 Å². The minimum Gasteiger partial charge on any atom is -0.379 e. The van der Waals surface area contributed by atoms with Gasteiger partial charge in [-0.15, -0.1) is 24.8 Å². The number of likely N-dealkylation sites (tertiary alicyclic amines) is 1. The highest BCUT2D eigenvalue weighted by molar-refractivity contribution is 5.85. The van der Waals surface area contributed by atoms with Gasteiger partial charge in [-0.25, -0.2) is 0 Å². The van der Waals surface area contributed by atoms with Crippen molar-refractivity contribution in [2.45, 2.75) is 12.8 Å². The molecule has 1 atom stereocenters. The van der Waals surface area contributed by atoms with E-state index in [0.29, 0.717) is 5.41 Å². The molecule has 3 saturated heterocycles. The van der Waals surface area contributed by atoms with Crippen molar-refractivity contribution >= 4 is 24.8 Å². The van der Waals surface area contributed by atoms with E-state index in [1.54, 1.807) is 0 Å². The van der Waals surface area contributed by atoms with Gasteiger partial charge < -0.3 is 15.0 Å². The molecular weight excluding hydrogens is 285 g/mol. The summed E-state index contributed by atoms with van der Waals surface area (Å²) in [5.41, 5.74) is 0.630. The zero-order valence-electron chi connectivity index (χ0n) is 11.6. The summed E-state index contributed by atoms with van der Waals surface area (Å²) in [6.45, 7) is 11.7. The second-order valence-corrected chi connectivity index (χ2v) is 5.91. The summed E-state index contributed by atoms with van der Waals surface area (Å²) in [6.07, 6.45) is 2.80. The summed E-state index contributed by atoms with van der Waals surface area (Å²) >= 11 is 0. The predicted molar refractivity (Wildman–Crippen MR) is 82.7 cm³/mol. The maximum atomic E-state index is 5.38. The quantitative estimate of drug-likeness (QED) is 0.836. The topological polar surface area (TPSA) is 27.7 Å². The normalized spacial score (nSPS) is 32.2. The average molecular weight is 312 g/mol. The molecule has 0 aliphatic carbocycles. The van der Waals surface area contributed by atoms with Gasteiger partial charge in [-0.2, -0.15) is 0 Å². The highest BCUT2D eigenvalue weighted by atomic mass is 35.5. The minimum absolute atomic E-state index is 0. The van der Waals surface area contributed by atoms with Gasteiger partial charge in [0.2, 0.25) is 0 Å². The molecule has 3 fully saturated rings. The number of hydrogen-bond donors (Lipinski definition) is 1. The summed E-state index contributed by atoms with van der Waals surface area (Å²) in [5.74, 6) is 0. The Morgan fingerprint density at radius 3 is 2.37 bits per heavy atom. The van der Waals surface area contributed by atoms with Crippen LogP contribution in [0, 0.1) is 5.41 Å². The van der Waals surface area contributed by atoms with Gasteiger partial charge in [0, 0.05) is 39.3 Å². The maximum Gasteiger partial charge on any atom is 0.0594 e. The first kappa shape index (κ1) is 17.5. The molecule has 19 heavy (non-hydrogen) atoms. The van der Waals surface area contributed by atoms with Gasteiger partial charge in [-0.05, 0) is 31.3 Å². The van der Waals surface area contributed by atoms with Crippen molar-refractivity contribution in [1.82, 2.24) is 15.1 Å². The summed E-state index contributed by atoms with van der Waals surface area (Å²) in [4.78, 5) is 5.21. The first-order chi connectivity index (χ1) is 8.36. The van der Waals surface area contributed by atoms with Gasteiger partial charge in [0.25, 0.3) is 0 Å². The van der Waals surface area contributed by atoms with Crippen LogP contribution in [0.15, 0.2) is 0 Å². The molecule has 1 unspecified atom stereocenters. The number of morpholine rings is 1. The number of halogens is 2. The van der Waals surface area contributed by atoms with Crippen molar-refractivity contribution in [1.29, 1.82) is 0 Å². The number of nitrogens with one attached hydrogen (secondary N) is 1. The molecule has 3 aliphatic rings. The van der Waals surface area contributed by atoms with E-state index in [-0.39, 0.29) is 24.8 Å². The van der Waals surface area contributed by atoms with E-state index in [0.717, 1.165) is 26.3 Å². The molecule has 0 bridgehead atoms. The van der Waals surface area contributed by atoms with Gasteiger partial charge in [-0.1, -0.05) is 0 Å². The van der Waals surface area contributed by atoms with Gasteiger partial charge in [0.1, 0.15) is 0 Å². The lowest BCUT2D eigenvalue weighted by molar-refractivity contribution is 0.0340. The van der Waals surface area contributed by atoms with Crippen molar-refractivity contribution in [2.24, 2.45) is 5.41 Å². The summed E-state index contributed by atoms with van der Waals surface area (Å²) in [7, 11) is 0. The Morgan fingerprint density at radius 2 is 1.68 bits per heavy atom. The Labute approximate surface area is 129 Å². The lowest BCUT2D eigenvalue weighted by Crippen LogP contribution is -2.41. The van der Waals surface area contributed by atoms with Crippen molar-refractivity contribution in [3.05, 3.63) is 0 Å². The maximum absolute atomic E-state index is 5.38. The average Bonchev–Trinajstić information content (AvgIpc) is 2.99. The third-order valence-corrected chi connectivity index (χ3v) is 4.69. The van der Waals surface area contributed by atoms with Crippen LogP contribution in [-0.2, 0) is 4.74 Å². The molecular formula is C13H27Cl2N3O. The van der Waals surface area contributed by atoms with Crippen LogP contribution in [0.3, 0.4) is 0 Å². The molecule has 0 radical (unpaired) electrons. The molecule has 0 aromatic rings. The van der Waals surface area contributed by atoms with Crippen LogP contribution in [0.5, 0.6) is 0 Å². The lowest BCUT2D eigenvalue weighted by atomic mass is 9.87. The number of ether oxygens (including phenoxy) is 1. The molecule has 114 valence electrons. The van der Waals surface area contributed by atoms with E-state index >= 15 is 0 Å². The third-order valence-electron chi connectivity index (χ3n) is 4.69. The smallest absolute Gasteiger partial charge is 0.0594 e. The molecule has 0 aromatic carbocycles. The van der Waals surface area contributed by atoms with E-state index in [4.69, 9.17) is 4.74 Å². The number of rotatable bonds is 3. The standard InChI is InChI=1S/C13H25N3O.2ClH/c1-3-14-11-13(1)2-4-16(12-13)6-5-15-7-9-17-10-8-15;;/h14H,1-12H2;2*1H. The summed E-state index contributed by atoms with van der Waals surface area (Å²) < 4.78 is 5.38. The largest absolute Gasteiger partial charge is 0.379 e. The Hall–Kier alpha value is 0.420. The van der Waals surface area contributed by atoms with Crippen LogP contribution >= 0.6 is 24.8 Å². The van der Waals surface area contributed by atoms with Gasteiger partial charge in [-0.3, -0.25) is 4.90 Å². The Kier molecular flexibility index (Phi) is 7.36. The second kappa shape index (κ2) is 8.01. The van der Waals surface area contributed by atoms with E-state index in [9.17, 15) is 0 Å². The van der Waals surface area contributed by atoms with Gasteiger partial charge in [0.05, 0.1) is 13.2 Å². The van der Waals surface area contributed by atoms with Gasteiger partial charge >= 0.3 is 0 Å². The SMILES string of the molecule is C1CC2(CCN(CCN3CCOCC3)C2)CN1.Cl.Cl. The van der Waals surface area contributed by atoms with Crippen LogP contribution in [0.1, 0.15) is 12.8 Å². The molecule has 0 aromatic heterocycles. The van der Waals surface area contributed by atoms with Crippen molar-refractivity contribution in [3.8, 4) is 0 Å². The molecule has 6 heteroatoms. The Morgan fingerprint density at radius 1 is 0.947 bits per heavy atom. The molecule has 3 heterocycles. The zero-order valence-corrected chi connectivity index (χ0v) is 13.2. The van der Waals surface area contributed by atoms with Crippen molar-refractivity contribution in [2.75, 3.05) is 65.6 Å². The zero-order chi connectivity index (χ0) is 11.6. The molecule has 1 N–H and O–H groups in total.